The number of hydrogen-bond donors (Lipinski definition) is 1. The van der Waals surface area contributed by atoms with E-state index < -0.39 is 0 Å². The van der Waals surface area contributed by atoms with Crippen molar-refractivity contribution in [2.45, 2.75) is 19.1 Å². The van der Waals surface area contributed by atoms with Crippen LogP contribution in [0, 0.1) is 5.82 Å². The molecule has 4 heteroatoms. The first-order chi connectivity index (χ1) is 10.2. The van der Waals surface area contributed by atoms with Crippen molar-refractivity contribution in [3.05, 3.63) is 58.9 Å². The molecule has 1 heterocycles. The first-order valence-electron chi connectivity index (χ1n) is 7.09. The molecule has 1 aliphatic heterocycles. The fraction of sp³-hybridized carbons (Fsp3) is 0.294. The molecule has 0 aromatic heterocycles. The summed E-state index contributed by atoms with van der Waals surface area (Å²) in [4.78, 5) is 0. The summed E-state index contributed by atoms with van der Waals surface area (Å²) in [6.45, 7) is 2.25. The van der Waals surface area contributed by atoms with Gasteiger partial charge in [0.25, 0.3) is 0 Å². The van der Waals surface area contributed by atoms with Gasteiger partial charge in [-0.25, -0.2) is 4.39 Å². The van der Waals surface area contributed by atoms with Gasteiger partial charge in [-0.15, -0.1) is 0 Å². The Kier molecular flexibility index (Phi) is 4.54. The Labute approximate surface area is 128 Å². The maximum atomic E-state index is 13.5. The van der Waals surface area contributed by atoms with Crippen molar-refractivity contribution in [3.63, 3.8) is 0 Å². The zero-order valence-electron chi connectivity index (χ0n) is 11.6. The van der Waals surface area contributed by atoms with Crippen molar-refractivity contribution < 1.29 is 9.13 Å². The van der Waals surface area contributed by atoms with Crippen LogP contribution in [0.4, 0.5) is 4.39 Å². The fourth-order valence-corrected chi connectivity index (χ4v) is 2.79. The van der Waals surface area contributed by atoms with Crippen molar-refractivity contribution in [2.75, 3.05) is 13.1 Å². The lowest BCUT2D eigenvalue weighted by molar-refractivity contribution is 0.0543. The topological polar surface area (TPSA) is 21.3 Å². The highest BCUT2D eigenvalue weighted by Gasteiger charge is 2.16. The SMILES string of the molecule is Fc1ccc(-c2cccc(Cl)c2)c(CO[C@H]2CCNC2)c1. The largest absolute Gasteiger partial charge is 0.372 e. The van der Waals surface area contributed by atoms with Gasteiger partial charge in [0.05, 0.1) is 12.7 Å². The quantitative estimate of drug-likeness (QED) is 0.921. The third-order valence-electron chi connectivity index (χ3n) is 3.69. The summed E-state index contributed by atoms with van der Waals surface area (Å²) >= 11 is 6.05. The monoisotopic (exact) mass is 305 g/mol. The molecule has 21 heavy (non-hydrogen) atoms. The Bertz CT molecular complexity index is 626. The summed E-state index contributed by atoms with van der Waals surface area (Å²) in [6.07, 6.45) is 1.21. The molecule has 1 N–H and O–H groups in total. The van der Waals surface area contributed by atoms with Gasteiger partial charge < -0.3 is 10.1 Å². The average molecular weight is 306 g/mol. The van der Waals surface area contributed by atoms with E-state index in [1.165, 1.54) is 6.07 Å². The molecule has 2 nitrogen and oxygen atoms in total. The molecule has 110 valence electrons. The smallest absolute Gasteiger partial charge is 0.123 e. The van der Waals surface area contributed by atoms with Gasteiger partial charge in [-0.3, -0.25) is 0 Å². The summed E-state index contributed by atoms with van der Waals surface area (Å²) in [5.74, 6) is -0.246. The van der Waals surface area contributed by atoms with Crippen LogP contribution in [-0.2, 0) is 11.3 Å². The molecular weight excluding hydrogens is 289 g/mol. The average Bonchev–Trinajstić information content (AvgIpc) is 2.98. The lowest BCUT2D eigenvalue weighted by Crippen LogP contribution is -2.16. The molecule has 0 saturated carbocycles. The van der Waals surface area contributed by atoms with Crippen LogP contribution in [0.3, 0.4) is 0 Å². The molecule has 1 aliphatic rings. The van der Waals surface area contributed by atoms with E-state index in [0.717, 1.165) is 36.2 Å². The van der Waals surface area contributed by atoms with Crippen LogP contribution in [0.5, 0.6) is 0 Å². The van der Waals surface area contributed by atoms with E-state index in [9.17, 15) is 4.39 Å². The molecule has 0 amide bonds. The van der Waals surface area contributed by atoms with Crippen LogP contribution in [0.15, 0.2) is 42.5 Å². The number of rotatable bonds is 4. The lowest BCUT2D eigenvalue weighted by atomic mass is 10.00. The number of benzene rings is 2. The molecule has 1 atom stereocenters. The van der Waals surface area contributed by atoms with Gasteiger partial charge in [0.1, 0.15) is 5.82 Å². The van der Waals surface area contributed by atoms with Crippen LogP contribution in [0.2, 0.25) is 5.02 Å². The molecule has 3 rings (SSSR count). The van der Waals surface area contributed by atoms with Gasteiger partial charge in [0.15, 0.2) is 0 Å². The molecule has 1 fully saturated rings. The van der Waals surface area contributed by atoms with E-state index in [2.05, 4.69) is 5.32 Å². The highest BCUT2D eigenvalue weighted by atomic mass is 35.5. The van der Waals surface area contributed by atoms with Gasteiger partial charge in [0, 0.05) is 11.6 Å². The van der Waals surface area contributed by atoms with E-state index in [-0.39, 0.29) is 11.9 Å². The van der Waals surface area contributed by atoms with Gasteiger partial charge in [-0.05, 0) is 53.9 Å². The molecule has 0 spiro atoms. The molecule has 1 saturated heterocycles. The van der Waals surface area contributed by atoms with Crippen molar-refractivity contribution >= 4 is 11.6 Å². The zero-order valence-corrected chi connectivity index (χ0v) is 12.4. The minimum absolute atomic E-state index is 0.209. The van der Waals surface area contributed by atoms with Crippen molar-refractivity contribution in [1.29, 1.82) is 0 Å². The predicted molar refractivity (Wildman–Crippen MR) is 82.9 cm³/mol. The highest BCUT2D eigenvalue weighted by Crippen LogP contribution is 2.28. The van der Waals surface area contributed by atoms with Gasteiger partial charge >= 0.3 is 0 Å². The molecule has 0 radical (unpaired) electrons. The van der Waals surface area contributed by atoms with Crippen molar-refractivity contribution in [1.82, 2.24) is 5.32 Å². The first-order valence-corrected chi connectivity index (χ1v) is 7.47. The van der Waals surface area contributed by atoms with Gasteiger partial charge in [0.2, 0.25) is 0 Å². The maximum absolute atomic E-state index is 13.5. The van der Waals surface area contributed by atoms with E-state index in [0.29, 0.717) is 11.6 Å². The fourth-order valence-electron chi connectivity index (χ4n) is 2.60. The second-order valence-corrected chi connectivity index (χ2v) is 5.67. The van der Waals surface area contributed by atoms with Crippen LogP contribution in [-0.4, -0.2) is 19.2 Å². The minimum atomic E-state index is -0.246. The number of halogens is 2. The van der Waals surface area contributed by atoms with E-state index >= 15 is 0 Å². The molecule has 0 bridgehead atoms. The Balaban J connectivity index is 1.85. The lowest BCUT2D eigenvalue weighted by Gasteiger charge is -2.14. The summed E-state index contributed by atoms with van der Waals surface area (Å²) in [5.41, 5.74) is 2.79. The summed E-state index contributed by atoms with van der Waals surface area (Å²) in [5, 5.41) is 3.93. The minimum Gasteiger partial charge on any atom is -0.372 e. The third-order valence-corrected chi connectivity index (χ3v) is 3.93. The third kappa shape index (κ3) is 3.62. The number of ether oxygens (including phenoxy) is 1. The van der Waals surface area contributed by atoms with Gasteiger partial charge in [-0.2, -0.15) is 0 Å². The molecule has 0 unspecified atom stereocenters. The molecule has 2 aromatic rings. The van der Waals surface area contributed by atoms with E-state index in [1.807, 2.05) is 24.3 Å². The second-order valence-electron chi connectivity index (χ2n) is 5.24. The van der Waals surface area contributed by atoms with E-state index in [1.54, 1.807) is 12.1 Å². The standard InChI is InChI=1S/C17H17ClFNO/c18-14-3-1-2-12(8-14)17-5-4-15(19)9-13(17)11-21-16-6-7-20-10-16/h1-5,8-9,16,20H,6-7,10-11H2/t16-/m0/s1. The van der Waals surface area contributed by atoms with Crippen LogP contribution in [0.25, 0.3) is 11.1 Å². The van der Waals surface area contributed by atoms with Crippen LogP contribution >= 0.6 is 11.6 Å². The number of nitrogens with one attached hydrogen (secondary N) is 1. The van der Waals surface area contributed by atoms with Crippen LogP contribution < -0.4 is 5.32 Å². The van der Waals surface area contributed by atoms with Crippen molar-refractivity contribution in [3.8, 4) is 11.1 Å². The second kappa shape index (κ2) is 6.56. The van der Waals surface area contributed by atoms with E-state index in [4.69, 9.17) is 16.3 Å². The maximum Gasteiger partial charge on any atom is 0.123 e. The Hall–Kier alpha value is -1.42. The van der Waals surface area contributed by atoms with Crippen molar-refractivity contribution in [2.24, 2.45) is 0 Å². The zero-order chi connectivity index (χ0) is 14.7. The Morgan fingerprint density at radius 2 is 2.14 bits per heavy atom. The predicted octanol–water partition coefficient (Wildman–Crippen LogP) is 4.02. The summed E-state index contributed by atoms with van der Waals surface area (Å²) in [6, 6.07) is 12.4. The number of hydrogen-bond acceptors (Lipinski definition) is 2. The first kappa shape index (κ1) is 14.5. The molecule has 0 aliphatic carbocycles. The highest BCUT2D eigenvalue weighted by molar-refractivity contribution is 6.30. The Morgan fingerprint density at radius 3 is 2.90 bits per heavy atom. The molecule has 2 aromatic carbocycles. The van der Waals surface area contributed by atoms with Gasteiger partial charge in [-0.1, -0.05) is 29.8 Å². The normalized spacial score (nSPS) is 18.1. The summed E-state index contributed by atoms with van der Waals surface area (Å²) < 4.78 is 19.4. The summed E-state index contributed by atoms with van der Waals surface area (Å²) in [7, 11) is 0. The van der Waals surface area contributed by atoms with Crippen LogP contribution in [0.1, 0.15) is 12.0 Å². The molecular formula is C17H17ClFNO. The Morgan fingerprint density at radius 1 is 1.24 bits per heavy atom.